The average Bonchev–Trinajstić information content (AvgIpc) is 2.63. The summed E-state index contributed by atoms with van der Waals surface area (Å²) in [5, 5.41) is 10.8. The minimum Gasteiger partial charge on any atom is -0.411 e. The average molecular weight is 242 g/mol. The quantitative estimate of drug-likeness (QED) is 0.202. The van der Waals surface area contributed by atoms with Gasteiger partial charge in [-0.15, -0.1) is 0 Å². The van der Waals surface area contributed by atoms with Crippen LogP contribution in [0, 0.1) is 0 Å². The van der Waals surface area contributed by atoms with Crippen molar-refractivity contribution in [1.82, 2.24) is 4.90 Å². The number of rotatable bonds is 8. The normalized spacial score (nSPS) is 15.4. The van der Waals surface area contributed by atoms with Gasteiger partial charge in [0.2, 0.25) is 0 Å². The van der Waals surface area contributed by atoms with Crippen LogP contribution in [0.5, 0.6) is 0 Å². The van der Waals surface area contributed by atoms with Crippen molar-refractivity contribution >= 4 is 18.0 Å². The van der Waals surface area contributed by atoms with Crippen molar-refractivity contribution in [3.8, 4) is 0 Å². The van der Waals surface area contributed by atoms with Gasteiger partial charge in [-0.25, -0.2) is 0 Å². The first-order chi connectivity index (χ1) is 8.25. The zero-order valence-electron chi connectivity index (χ0n) is 9.24. The van der Waals surface area contributed by atoms with Gasteiger partial charge < -0.3 is 14.7 Å². The minimum atomic E-state index is -0.311. The molecule has 0 aliphatic carbocycles. The molecule has 1 heterocycles. The lowest BCUT2D eigenvalue weighted by molar-refractivity contribution is -0.137. The molecule has 0 aromatic rings. The molecule has 0 fully saturated rings. The lowest BCUT2D eigenvalue weighted by atomic mass is 10.5. The molecule has 1 N–H and O–H groups in total. The first-order valence-corrected chi connectivity index (χ1v) is 5.10. The summed E-state index contributed by atoms with van der Waals surface area (Å²) in [5.41, 5.74) is 0. The van der Waals surface area contributed by atoms with Crippen LogP contribution in [0.3, 0.4) is 0 Å². The van der Waals surface area contributed by atoms with Crippen LogP contribution in [0.4, 0.5) is 0 Å². The summed E-state index contributed by atoms with van der Waals surface area (Å²) in [6, 6.07) is 0. The topological polar surface area (TPSA) is 88.4 Å². The van der Waals surface area contributed by atoms with E-state index in [0.29, 0.717) is 13.2 Å². The van der Waals surface area contributed by atoms with Gasteiger partial charge in [0.15, 0.2) is 0 Å². The Morgan fingerprint density at radius 3 is 2.47 bits per heavy atom. The molecular weight excluding hydrogens is 228 g/mol. The van der Waals surface area contributed by atoms with Crippen LogP contribution in [-0.2, 0) is 19.1 Å². The lowest BCUT2D eigenvalue weighted by Crippen LogP contribution is -2.33. The molecule has 0 saturated carbocycles. The van der Waals surface area contributed by atoms with Gasteiger partial charge in [-0.05, 0) is 0 Å². The van der Waals surface area contributed by atoms with Crippen molar-refractivity contribution in [3.63, 3.8) is 0 Å². The van der Waals surface area contributed by atoms with E-state index in [2.05, 4.69) is 5.16 Å². The van der Waals surface area contributed by atoms with Gasteiger partial charge in [0, 0.05) is 12.2 Å². The van der Waals surface area contributed by atoms with Crippen molar-refractivity contribution in [1.29, 1.82) is 0 Å². The van der Waals surface area contributed by atoms with Crippen LogP contribution in [0.15, 0.2) is 17.3 Å². The van der Waals surface area contributed by atoms with Gasteiger partial charge >= 0.3 is 0 Å². The zero-order valence-corrected chi connectivity index (χ0v) is 9.24. The van der Waals surface area contributed by atoms with Crippen LogP contribution in [0.1, 0.15) is 0 Å². The molecule has 1 aliphatic heterocycles. The third kappa shape index (κ3) is 4.75. The first kappa shape index (κ1) is 13.3. The lowest BCUT2D eigenvalue weighted by Gasteiger charge is -2.13. The van der Waals surface area contributed by atoms with E-state index < -0.39 is 0 Å². The Morgan fingerprint density at radius 2 is 1.82 bits per heavy atom. The molecule has 0 saturated heterocycles. The van der Waals surface area contributed by atoms with Crippen LogP contribution < -0.4 is 0 Å². The molecule has 0 aromatic heterocycles. The summed E-state index contributed by atoms with van der Waals surface area (Å²) < 4.78 is 10.2. The van der Waals surface area contributed by atoms with Crippen molar-refractivity contribution in [3.05, 3.63) is 12.2 Å². The highest BCUT2D eigenvalue weighted by atomic mass is 16.5. The molecule has 1 aliphatic rings. The van der Waals surface area contributed by atoms with Gasteiger partial charge in [0.05, 0.1) is 39.2 Å². The summed E-state index contributed by atoms with van der Waals surface area (Å²) in [6.45, 7) is 1.43. The minimum absolute atomic E-state index is 0.215. The van der Waals surface area contributed by atoms with Crippen LogP contribution in [0.25, 0.3) is 0 Å². The van der Waals surface area contributed by atoms with E-state index in [1.165, 1.54) is 18.4 Å². The third-order valence-electron chi connectivity index (χ3n) is 2.01. The molecule has 1 rings (SSSR count). The van der Waals surface area contributed by atoms with E-state index in [-0.39, 0.29) is 31.6 Å². The number of carbonyl (C=O) groups is 2. The van der Waals surface area contributed by atoms with Gasteiger partial charge in [-0.1, -0.05) is 5.16 Å². The Hall–Kier alpha value is -1.73. The van der Waals surface area contributed by atoms with Crippen LogP contribution >= 0.6 is 0 Å². The Labute approximate surface area is 98.3 Å². The maximum Gasteiger partial charge on any atom is 0.253 e. The molecule has 7 heteroatoms. The van der Waals surface area contributed by atoms with Crippen molar-refractivity contribution < 1.29 is 24.3 Å². The Balaban J connectivity index is 1.98. The van der Waals surface area contributed by atoms with E-state index in [4.69, 9.17) is 14.7 Å². The molecule has 0 atom stereocenters. The fraction of sp³-hybridized carbons (Fsp3) is 0.500. The fourth-order valence-corrected chi connectivity index (χ4v) is 1.20. The van der Waals surface area contributed by atoms with Gasteiger partial charge in [-0.3, -0.25) is 14.5 Å². The maximum absolute atomic E-state index is 11.1. The molecule has 7 nitrogen and oxygen atoms in total. The predicted molar refractivity (Wildman–Crippen MR) is 57.8 cm³/mol. The standard InChI is InChI=1S/C10H14N2O5/c13-9-1-2-10(14)12(9)4-6-17-8-7-16-5-3-11-15/h1-3,15H,4-8H2/b11-3-. The number of imide groups is 1. The van der Waals surface area contributed by atoms with Gasteiger partial charge in [-0.2, -0.15) is 0 Å². The number of ether oxygens (including phenoxy) is 2. The smallest absolute Gasteiger partial charge is 0.253 e. The molecule has 94 valence electrons. The number of carbonyl (C=O) groups excluding carboxylic acids is 2. The van der Waals surface area contributed by atoms with Gasteiger partial charge in [0.25, 0.3) is 11.8 Å². The van der Waals surface area contributed by atoms with Crippen molar-refractivity contribution in [2.75, 3.05) is 33.0 Å². The second-order valence-electron chi connectivity index (χ2n) is 3.15. The Kier molecular flexibility index (Phi) is 5.91. The zero-order chi connectivity index (χ0) is 12.5. The number of hydrogen-bond donors (Lipinski definition) is 1. The number of hydrogen-bond acceptors (Lipinski definition) is 6. The van der Waals surface area contributed by atoms with E-state index >= 15 is 0 Å². The molecule has 17 heavy (non-hydrogen) atoms. The highest BCUT2D eigenvalue weighted by molar-refractivity contribution is 6.12. The van der Waals surface area contributed by atoms with E-state index in [9.17, 15) is 9.59 Å². The molecule has 2 amide bonds. The SMILES string of the molecule is O=C1C=CC(=O)N1CCOCCOC/C=N\O. The highest BCUT2D eigenvalue weighted by Gasteiger charge is 2.22. The number of nitrogens with zero attached hydrogens (tertiary/aromatic N) is 2. The maximum atomic E-state index is 11.1. The van der Waals surface area contributed by atoms with Crippen molar-refractivity contribution in [2.24, 2.45) is 5.16 Å². The van der Waals surface area contributed by atoms with Crippen molar-refractivity contribution in [2.45, 2.75) is 0 Å². The predicted octanol–water partition coefficient (Wildman–Crippen LogP) is -0.595. The molecule has 0 radical (unpaired) electrons. The molecule has 0 unspecified atom stereocenters. The van der Waals surface area contributed by atoms with Crippen LogP contribution in [0.2, 0.25) is 0 Å². The summed E-state index contributed by atoms with van der Waals surface area (Å²) in [7, 11) is 0. The molecule has 0 spiro atoms. The third-order valence-corrected chi connectivity index (χ3v) is 2.01. The van der Waals surface area contributed by atoms with E-state index in [1.54, 1.807) is 0 Å². The Morgan fingerprint density at radius 1 is 1.18 bits per heavy atom. The number of oxime groups is 1. The number of amides is 2. The van der Waals surface area contributed by atoms with Gasteiger partial charge in [0.1, 0.15) is 0 Å². The Bertz CT molecular complexity index is 309. The summed E-state index contributed by atoms with van der Waals surface area (Å²) >= 11 is 0. The molecular formula is C10H14N2O5. The largest absolute Gasteiger partial charge is 0.411 e. The summed E-state index contributed by atoms with van der Waals surface area (Å²) in [6.07, 6.45) is 3.69. The monoisotopic (exact) mass is 242 g/mol. The molecule has 0 aromatic carbocycles. The molecule has 0 bridgehead atoms. The summed E-state index contributed by atoms with van der Waals surface area (Å²) in [4.78, 5) is 23.4. The van der Waals surface area contributed by atoms with E-state index in [0.717, 1.165) is 4.90 Å². The second kappa shape index (κ2) is 7.53. The highest BCUT2D eigenvalue weighted by Crippen LogP contribution is 2.02. The second-order valence-corrected chi connectivity index (χ2v) is 3.15. The van der Waals surface area contributed by atoms with Crippen LogP contribution in [-0.4, -0.2) is 61.1 Å². The summed E-state index contributed by atoms with van der Waals surface area (Å²) in [5.74, 6) is -0.622. The van der Waals surface area contributed by atoms with E-state index in [1.807, 2.05) is 0 Å². The fourth-order valence-electron chi connectivity index (χ4n) is 1.20. The first-order valence-electron chi connectivity index (χ1n) is 5.10.